The van der Waals surface area contributed by atoms with Gasteiger partial charge < -0.3 is 10.6 Å². The van der Waals surface area contributed by atoms with E-state index < -0.39 is 0 Å². The number of hydrogen-bond acceptors (Lipinski definition) is 3. The van der Waals surface area contributed by atoms with Crippen molar-refractivity contribution in [2.45, 2.75) is 46.0 Å². The Morgan fingerprint density at radius 3 is 2.74 bits per heavy atom. The molecule has 0 aliphatic carbocycles. The predicted molar refractivity (Wildman–Crippen MR) is 79.5 cm³/mol. The number of aromatic nitrogens is 1. The number of nitrogens with one attached hydrogen (secondary N) is 2. The third kappa shape index (κ3) is 5.73. The summed E-state index contributed by atoms with van der Waals surface area (Å²) in [7, 11) is 0. The summed E-state index contributed by atoms with van der Waals surface area (Å²) in [6, 6.07) is 1.85. The Kier molecular flexibility index (Phi) is 7.63. The second-order valence-corrected chi connectivity index (χ2v) is 4.66. The van der Waals surface area contributed by atoms with Crippen molar-refractivity contribution in [2.75, 3.05) is 18.4 Å². The van der Waals surface area contributed by atoms with Crippen LogP contribution in [0, 0.1) is 0 Å². The standard InChI is InChI=1S/C15H25N3O/c1-3-5-6-7-10-18-15(19)13-12-16-11-8-14(13)17-9-4-2/h8,11-12H,3-7,9-10H2,1-2H3,(H,16,17)(H,18,19). The van der Waals surface area contributed by atoms with E-state index in [4.69, 9.17) is 0 Å². The molecule has 1 aromatic rings. The first-order chi connectivity index (χ1) is 9.29. The molecule has 0 unspecified atom stereocenters. The van der Waals surface area contributed by atoms with Gasteiger partial charge in [-0.3, -0.25) is 9.78 Å². The second kappa shape index (κ2) is 9.36. The molecule has 1 heterocycles. The molecule has 0 radical (unpaired) electrons. The molecule has 0 spiro atoms. The summed E-state index contributed by atoms with van der Waals surface area (Å²) in [5.74, 6) is -0.0387. The molecule has 1 rings (SSSR count). The van der Waals surface area contributed by atoms with Crippen LogP contribution in [-0.4, -0.2) is 24.0 Å². The average Bonchev–Trinajstić information content (AvgIpc) is 2.45. The fourth-order valence-corrected chi connectivity index (χ4v) is 1.84. The van der Waals surface area contributed by atoms with Crippen LogP contribution in [0.3, 0.4) is 0 Å². The minimum Gasteiger partial charge on any atom is -0.384 e. The van der Waals surface area contributed by atoms with E-state index in [1.165, 1.54) is 19.3 Å². The second-order valence-electron chi connectivity index (χ2n) is 4.66. The Labute approximate surface area is 116 Å². The lowest BCUT2D eigenvalue weighted by Gasteiger charge is -2.11. The van der Waals surface area contributed by atoms with E-state index in [-0.39, 0.29) is 5.91 Å². The van der Waals surface area contributed by atoms with Gasteiger partial charge >= 0.3 is 0 Å². The zero-order chi connectivity index (χ0) is 13.9. The van der Waals surface area contributed by atoms with E-state index >= 15 is 0 Å². The Bertz CT molecular complexity index is 379. The lowest BCUT2D eigenvalue weighted by Crippen LogP contribution is -2.25. The van der Waals surface area contributed by atoms with E-state index in [0.29, 0.717) is 5.56 Å². The summed E-state index contributed by atoms with van der Waals surface area (Å²) in [5, 5.41) is 6.21. The molecule has 0 aliphatic heterocycles. The molecular weight excluding hydrogens is 238 g/mol. The highest BCUT2D eigenvalue weighted by Crippen LogP contribution is 2.13. The number of carbonyl (C=O) groups is 1. The fourth-order valence-electron chi connectivity index (χ4n) is 1.84. The smallest absolute Gasteiger partial charge is 0.254 e. The van der Waals surface area contributed by atoms with Crippen molar-refractivity contribution < 1.29 is 4.79 Å². The van der Waals surface area contributed by atoms with Crippen LogP contribution in [0.2, 0.25) is 0 Å². The minimum atomic E-state index is -0.0387. The van der Waals surface area contributed by atoms with Crippen molar-refractivity contribution in [1.29, 1.82) is 0 Å². The lowest BCUT2D eigenvalue weighted by atomic mass is 10.2. The minimum absolute atomic E-state index is 0.0387. The lowest BCUT2D eigenvalue weighted by molar-refractivity contribution is 0.0953. The first kappa shape index (κ1) is 15.5. The molecule has 4 nitrogen and oxygen atoms in total. The van der Waals surface area contributed by atoms with Crippen LogP contribution in [0.25, 0.3) is 0 Å². The third-order valence-corrected chi connectivity index (χ3v) is 2.95. The third-order valence-electron chi connectivity index (χ3n) is 2.95. The number of anilines is 1. The number of amides is 1. The monoisotopic (exact) mass is 263 g/mol. The molecule has 1 aromatic heterocycles. The van der Waals surface area contributed by atoms with Gasteiger partial charge in [-0.05, 0) is 18.9 Å². The number of hydrogen-bond donors (Lipinski definition) is 2. The Balaban J connectivity index is 2.46. The summed E-state index contributed by atoms with van der Waals surface area (Å²) in [6.45, 7) is 5.88. The topological polar surface area (TPSA) is 54.0 Å². The molecule has 0 fully saturated rings. The summed E-state index contributed by atoms with van der Waals surface area (Å²) in [5.41, 5.74) is 1.49. The maximum atomic E-state index is 12.1. The van der Waals surface area contributed by atoms with Gasteiger partial charge in [-0.25, -0.2) is 0 Å². The zero-order valence-electron chi connectivity index (χ0n) is 12.0. The fraction of sp³-hybridized carbons (Fsp3) is 0.600. The van der Waals surface area contributed by atoms with E-state index in [9.17, 15) is 4.79 Å². The molecule has 106 valence electrons. The van der Waals surface area contributed by atoms with Crippen LogP contribution in [0.4, 0.5) is 5.69 Å². The van der Waals surface area contributed by atoms with Crippen molar-refractivity contribution in [3.8, 4) is 0 Å². The molecule has 4 heteroatoms. The summed E-state index contributed by atoms with van der Waals surface area (Å²) in [6.07, 6.45) is 9.01. The zero-order valence-corrected chi connectivity index (χ0v) is 12.0. The van der Waals surface area contributed by atoms with Gasteiger partial charge in [0.15, 0.2) is 0 Å². The van der Waals surface area contributed by atoms with Crippen LogP contribution in [0.15, 0.2) is 18.5 Å². The van der Waals surface area contributed by atoms with Gasteiger partial charge in [-0.15, -0.1) is 0 Å². The first-order valence-corrected chi connectivity index (χ1v) is 7.25. The first-order valence-electron chi connectivity index (χ1n) is 7.25. The van der Waals surface area contributed by atoms with E-state index in [0.717, 1.165) is 31.6 Å². The number of carbonyl (C=O) groups excluding carboxylic acids is 1. The molecule has 0 aromatic carbocycles. The van der Waals surface area contributed by atoms with Crippen molar-refractivity contribution in [2.24, 2.45) is 0 Å². The van der Waals surface area contributed by atoms with Crippen molar-refractivity contribution in [1.82, 2.24) is 10.3 Å². The van der Waals surface area contributed by atoms with Gasteiger partial charge in [0.2, 0.25) is 0 Å². The highest BCUT2D eigenvalue weighted by atomic mass is 16.1. The van der Waals surface area contributed by atoms with Gasteiger partial charge in [-0.2, -0.15) is 0 Å². The number of nitrogens with zero attached hydrogens (tertiary/aromatic N) is 1. The Morgan fingerprint density at radius 2 is 2.00 bits per heavy atom. The van der Waals surface area contributed by atoms with E-state index in [1.54, 1.807) is 12.4 Å². The van der Waals surface area contributed by atoms with Crippen LogP contribution in [0.1, 0.15) is 56.3 Å². The van der Waals surface area contributed by atoms with Crippen LogP contribution < -0.4 is 10.6 Å². The van der Waals surface area contributed by atoms with Crippen LogP contribution >= 0.6 is 0 Å². The number of unbranched alkanes of at least 4 members (excludes halogenated alkanes) is 3. The van der Waals surface area contributed by atoms with Crippen molar-refractivity contribution in [3.63, 3.8) is 0 Å². The highest BCUT2D eigenvalue weighted by molar-refractivity contribution is 5.99. The van der Waals surface area contributed by atoms with E-state index in [1.807, 2.05) is 6.07 Å². The summed E-state index contributed by atoms with van der Waals surface area (Å²) >= 11 is 0. The quantitative estimate of drug-likeness (QED) is 0.673. The van der Waals surface area contributed by atoms with Crippen molar-refractivity contribution in [3.05, 3.63) is 24.0 Å². The van der Waals surface area contributed by atoms with Crippen LogP contribution in [-0.2, 0) is 0 Å². The average molecular weight is 263 g/mol. The highest BCUT2D eigenvalue weighted by Gasteiger charge is 2.10. The molecule has 19 heavy (non-hydrogen) atoms. The van der Waals surface area contributed by atoms with Gasteiger partial charge in [0, 0.05) is 25.5 Å². The van der Waals surface area contributed by atoms with E-state index in [2.05, 4.69) is 29.5 Å². The molecule has 0 atom stereocenters. The molecular formula is C15H25N3O. The summed E-state index contributed by atoms with van der Waals surface area (Å²) in [4.78, 5) is 16.1. The molecule has 0 saturated heterocycles. The van der Waals surface area contributed by atoms with Crippen molar-refractivity contribution >= 4 is 11.6 Å². The predicted octanol–water partition coefficient (Wildman–Crippen LogP) is 3.21. The van der Waals surface area contributed by atoms with Gasteiger partial charge in [-0.1, -0.05) is 33.1 Å². The Morgan fingerprint density at radius 1 is 1.16 bits per heavy atom. The normalized spacial score (nSPS) is 10.2. The van der Waals surface area contributed by atoms with Crippen LogP contribution in [0.5, 0.6) is 0 Å². The number of pyridine rings is 1. The van der Waals surface area contributed by atoms with Gasteiger partial charge in [0.1, 0.15) is 0 Å². The molecule has 0 aliphatic rings. The molecule has 1 amide bonds. The van der Waals surface area contributed by atoms with Gasteiger partial charge in [0.25, 0.3) is 5.91 Å². The number of rotatable bonds is 9. The summed E-state index contributed by atoms with van der Waals surface area (Å²) < 4.78 is 0. The molecule has 0 saturated carbocycles. The maximum absolute atomic E-state index is 12.1. The molecule has 0 bridgehead atoms. The Hall–Kier alpha value is -1.58. The molecule has 2 N–H and O–H groups in total. The largest absolute Gasteiger partial charge is 0.384 e. The SMILES string of the molecule is CCCCCCNC(=O)c1cnccc1NCCC. The van der Waals surface area contributed by atoms with Gasteiger partial charge in [0.05, 0.1) is 11.3 Å². The maximum Gasteiger partial charge on any atom is 0.254 e.